The van der Waals surface area contributed by atoms with Crippen LogP contribution in [0, 0.1) is 0 Å². The van der Waals surface area contributed by atoms with Crippen LogP contribution in [0.4, 0.5) is 0 Å². The summed E-state index contributed by atoms with van der Waals surface area (Å²) in [4.78, 5) is 19.7. The molecule has 0 unspecified atom stereocenters. The Balaban J connectivity index is -0.000000180. The number of carboxylic acid groups (broad SMARTS) is 2. The van der Waals surface area contributed by atoms with E-state index in [1.807, 2.05) is 0 Å². The SMILES string of the molecule is C.CN[C@@H](C)C(=O)O.CN[C@H](C)C(=O)O. The number of hydrogen-bond acceptors (Lipinski definition) is 4. The van der Waals surface area contributed by atoms with Gasteiger partial charge in [0.15, 0.2) is 0 Å². The van der Waals surface area contributed by atoms with E-state index in [-0.39, 0.29) is 7.43 Å². The van der Waals surface area contributed by atoms with Gasteiger partial charge in [0.05, 0.1) is 0 Å². The van der Waals surface area contributed by atoms with E-state index in [1.165, 1.54) is 0 Å². The van der Waals surface area contributed by atoms with E-state index in [4.69, 9.17) is 10.2 Å². The van der Waals surface area contributed by atoms with E-state index in [0.717, 1.165) is 0 Å². The van der Waals surface area contributed by atoms with Crippen LogP contribution in [0.25, 0.3) is 0 Å². The highest BCUT2D eigenvalue weighted by Crippen LogP contribution is 1.75. The second-order valence-corrected chi connectivity index (χ2v) is 2.70. The molecule has 15 heavy (non-hydrogen) atoms. The van der Waals surface area contributed by atoms with Crippen LogP contribution in [0.5, 0.6) is 0 Å². The van der Waals surface area contributed by atoms with Crippen molar-refractivity contribution >= 4 is 11.9 Å². The Bertz CT molecular complexity index is 165. The van der Waals surface area contributed by atoms with Gasteiger partial charge in [0, 0.05) is 0 Å². The summed E-state index contributed by atoms with van der Waals surface area (Å²) in [5.41, 5.74) is 0. The lowest BCUT2D eigenvalue weighted by atomic mass is 10.4. The van der Waals surface area contributed by atoms with Gasteiger partial charge in [0.25, 0.3) is 0 Å². The molecule has 0 aromatic rings. The van der Waals surface area contributed by atoms with Gasteiger partial charge in [-0.2, -0.15) is 0 Å². The maximum Gasteiger partial charge on any atom is 0.320 e. The van der Waals surface area contributed by atoms with Crippen molar-refractivity contribution in [3.05, 3.63) is 0 Å². The highest BCUT2D eigenvalue weighted by Gasteiger charge is 2.04. The summed E-state index contributed by atoms with van der Waals surface area (Å²) in [6, 6.07) is -0.861. The van der Waals surface area contributed by atoms with Crippen molar-refractivity contribution in [3.8, 4) is 0 Å². The van der Waals surface area contributed by atoms with E-state index in [9.17, 15) is 9.59 Å². The van der Waals surface area contributed by atoms with Crippen LogP contribution < -0.4 is 10.6 Å². The van der Waals surface area contributed by atoms with Crippen LogP contribution in [-0.4, -0.2) is 48.3 Å². The Morgan fingerprint density at radius 3 is 1.13 bits per heavy atom. The van der Waals surface area contributed by atoms with E-state index < -0.39 is 24.0 Å². The molecule has 6 nitrogen and oxygen atoms in total. The molecule has 0 aliphatic carbocycles. The molecule has 0 rings (SSSR count). The van der Waals surface area contributed by atoms with Crippen LogP contribution in [0.1, 0.15) is 21.3 Å². The molecule has 0 saturated heterocycles. The van der Waals surface area contributed by atoms with Gasteiger partial charge in [0.1, 0.15) is 12.1 Å². The number of hydrogen-bond donors (Lipinski definition) is 4. The van der Waals surface area contributed by atoms with Crippen LogP contribution in [0.3, 0.4) is 0 Å². The average molecular weight is 222 g/mol. The Kier molecular flexibility index (Phi) is 14.2. The second kappa shape index (κ2) is 10.9. The summed E-state index contributed by atoms with van der Waals surface area (Å²) in [5.74, 6) is -1.63. The van der Waals surface area contributed by atoms with Crippen molar-refractivity contribution in [2.45, 2.75) is 33.4 Å². The van der Waals surface area contributed by atoms with Crippen molar-refractivity contribution < 1.29 is 19.8 Å². The molecule has 92 valence electrons. The minimum atomic E-state index is -0.817. The fraction of sp³-hybridized carbons (Fsp3) is 0.778. The number of aliphatic carboxylic acids is 2. The molecule has 0 spiro atoms. The molecule has 6 heteroatoms. The van der Waals surface area contributed by atoms with E-state index in [2.05, 4.69) is 10.6 Å². The Morgan fingerprint density at radius 1 is 0.933 bits per heavy atom. The molecular weight excluding hydrogens is 200 g/mol. The first-order valence-electron chi connectivity index (χ1n) is 4.16. The summed E-state index contributed by atoms with van der Waals surface area (Å²) in [6.07, 6.45) is 0. The van der Waals surface area contributed by atoms with Crippen molar-refractivity contribution in [1.29, 1.82) is 0 Å². The van der Waals surface area contributed by atoms with Crippen LogP contribution in [0.15, 0.2) is 0 Å². The molecule has 0 aromatic heterocycles. The number of nitrogens with one attached hydrogen (secondary N) is 2. The Hall–Kier alpha value is -1.14. The monoisotopic (exact) mass is 222 g/mol. The van der Waals surface area contributed by atoms with Gasteiger partial charge in [-0.15, -0.1) is 0 Å². The summed E-state index contributed by atoms with van der Waals surface area (Å²) >= 11 is 0. The summed E-state index contributed by atoms with van der Waals surface area (Å²) in [5, 5.41) is 21.4. The normalized spacial score (nSPS) is 12.5. The zero-order valence-electron chi connectivity index (χ0n) is 8.87. The fourth-order valence-electron chi connectivity index (χ4n) is 0.247. The maximum absolute atomic E-state index is 9.87. The van der Waals surface area contributed by atoms with Gasteiger partial charge in [-0.3, -0.25) is 9.59 Å². The first-order chi connectivity index (χ1) is 6.36. The standard InChI is InChI=1S/2C4H9NO2.CH4/c2*1-3(5-2)4(6)7;/h2*3,5H,1-2H3,(H,6,7);1H4/t2*3-;/m10./s1. The zero-order chi connectivity index (χ0) is 11.7. The largest absolute Gasteiger partial charge is 0.480 e. The van der Waals surface area contributed by atoms with Gasteiger partial charge in [-0.05, 0) is 27.9 Å². The minimum absolute atomic E-state index is 0. The van der Waals surface area contributed by atoms with E-state index in [0.29, 0.717) is 0 Å². The van der Waals surface area contributed by atoms with E-state index in [1.54, 1.807) is 27.9 Å². The van der Waals surface area contributed by atoms with Gasteiger partial charge in [-0.1, -0.05) is 7.43 Å². The fourth-order valence-corrected chi connectivity index (χ4v) is 0.247. The molecule has 4 N–H and O–H groups in total. The molecule has 0 aromatic carbocycles. The molecule has 0 amide bonds. The van der Waals surface area contributed by atoms with Crippen LogP contribution >= 0.6 is 0 Å². The first-order valence-corrected chi connectivity index (χ1v) is 4.16. The average Bonchev–Trinajstić information content (AvgIpc) is 2.15. The Morgan fingerprint density at radius 2 is 1.13 bits per heavy atom. The van der Waals surface area contributed by atoms with Crippen molar-refractivity contribution in [1.82, 2.24) is 10.6 Å². The molecule has 2 atom stereocenters. The van der Waals surface area contributed by atoms with Crippen molar-refractivity contribution in [3.63, 3.8) is 0 Å². The predicted octanol–water partition coefficient (Wildman–Crippen LogP) is -0.00610. The lowest BCUT2D eigenvalue weighted by molar-refractivity contribution is -0.139. The topological polar surface area (TPSA) is 98.7 Å². The third kappa shape index (κ3) is 12.9. The number of rotatable bonds is 4. The van der Waals surface area contributed by atoms with Crippen LogP contribution in [-0.2, 0) is 9.59 Å². The number of carboxylic acids is 2. The molecule has 0 saturated carbocycles. The summed E-state index contributed by atoms with van der Waals surface area (Å²) in [7, 11) is 3.22. The molecule has 0 aliphatic rings. The summed E-state index contributed by atoms with van der Waals surface area (Å²) in [6.45, 7) is 3.17. The minimum Gasteiger partial charge on any atom is -0.480 e. The molecular formula is C9H22N2O4. The number of likely N-dealkylation sites (N-methyl/N-ethyl adjacent to an activating group) is 2. The van der Waals surface area contributed by atoms with Crippen molar-refractivity contribution in [2.24, 2.45) is 0 Å². The molecule has 0 fully saturated rings. The molecule has 0 aliphatic heterocycles. The highest BCUT2D eigenvalue weighted by atomic mass is 16.4. The molecule has 0 heterocycles. The van der Waals surface area contributed by atoms with Gasteiger partial charge in [-0.25, -0.2) is 0 Å². The molecule has 0 radical (unpaired) electrons. The highest BCUT2D eigenvalue weighted by molar-refractivity contribution is 5.73. The smallest absolute Gasteiger partial charge is 0.320 e. The number of carbonyl (C=O) groups is 2. The van der Waals surface area contributed by atoms with Gasteiger partial charge < -0.3 is 20.8 Å². The predicted molar refractivity (Wildman–Crippen MR) is 59.0 cm³/mol. The van der Waals surface area contributed by atoms with E-state index >= 15 is 0 Å². The maximum atomic E-state index is 9.87. The van der Waals surface area contributed by atoms with Gasteiger partial charge in [0.2, 0.25) is 0 Å². The summed E-state index contributed by atoms with van der Waals surface area (Å²) < 4.78 is 0. The lowest BCUT2D eigenvalue weighted by Crippen LogP contribution is -2.29. The second-order valence-electron chi connectivity index (χ2n) is 2.70. The Labute approximate surface area is 90.7 Å². The zero-order valence-corrected chi connectivity index (χ0v) is 8.87. The quantitative estimate of drug-likeness (QED) is 0.534. The third-order valence-electron chi connectivity index (χ3n) is 1.61. The van der Waals surface area contributed by atoms with Crippen LogP contribution in [0.2, 0.25) is 0 Å². The molecule has 0 bridgehead atoms. The van der Waals surface area contributed by atoms with Crippen molar-refractivity contribution in [2.75, 3.05) is 14.1 Å². The van der Waals surface area contributed by atoms with Gasteiger partial charge >= 0.3 is 11.9 Å². The first kappa shape index (κ1) is 19.4. The third-order valence-corrected chi connectivity index (χ3v) is 1.61. The lowest BCUT2D eigenvalue weighted by Gasteiger charge is -1.99.